The van der Waals surface area contributed by atoms with Crippen LogP contribution in [0.4, 0.5) is 0 Å². The number of nitrogens with zero attached hydrogens (tertiary/aromatic N) is 1. The average molecular weight is 401 g/mol. The van der Waals surface area contributed by atoms with Crippen molar-refractivity contribution in [1.82, 2.24) is 10.2 Å². The molecule has 0 aliphatic carbocycles. The smallest absolute Gasteiger partial charge is 0.146 e. The molecule has 0 heterocycles. The first-order valence-electron chi connectivity index (χ1n) is 11.0. The summed E-state index contributed by atoms with van der Waals surface area (Å²) in [6.45, 7) is 9.52. The first-order chi connectivity index (χ1) is 13.0. The summed E-state index contributed by atoms with van der Waals surface area (Å²) in [4.78, 5) is 25.4. The van der Waals surface area contributed by atoms with E-state index >= 15 is 0 Å². The van der Waals surface area contributed by atoms with Gasteiger partial charge in [-0.05, 0) is 39.1 Å². The molecule has 0 aromatic heterocycles. The van der Waals surface area contributed by atoms with Crippen LogP contribution in [0.2, 0.25) is 0 Å². The predicted octanol–water partition coefficient (Wildman–Crippen LogP) is 4.71. The third-order valence-corrected chi connectivity index (χ3v) is 6.27. The Kier molecular flexibility index (Phi) is 17.4. The van der Waals surface area contributed by atoms with Gasteiger partial charge in [0.15, 0.2) is 0 Å². The first-order valence-corrected chi connectivity index (χ1v) is 12.2. The summed E-state index contributed by atoms with van der Waals surface area (Å²) in [5.41, 5.74) is 0. The van der Waals surface area contributed by atoms with Crippen molar-refractivity contribution in [2.75, 3.05) is 31.6 Å². The van der Waals surface area contributed by atoms with Crippen molar-refractivity contribution < 1.29 is 9.59 Å². The van der Waals surface area contributed by atoms with Crippen LogP contribution >= 0.6 is 11.8 Å². The number of hydrogen-bond acceptors (Lipinski definition) is 5. The van der Waals surface area contributed by atoms with Crippen LogP contribution in [0.3, 0.4) is 0 Å². The number of ketones is 2. The van der Waals surface area contributed by atoms with E-state index < -0.39 is 0 Å². The molecule has 0 rings (SSSR count). The molecule has 0 aliphatic rings. The molecule has 0 fully saturated rings. The van der Waals surface area contributed by atoms with Gasteiger partial charge in [-0.15, -0.1) is 0 Å². The zero-order valence-electron chi connectivity index (χ0n) is 18.5. The van der Waals surface area contributed by atoms with E-state index in [1.807, 2.05) is 18.7 Å². The van der Waals surface area contributed by atoms with Crippen LogP contribution in [0, 0.1) is 0 Å². The summed E-state index contributed by atoms with van der Waals surface area (Å²) in [5, 5.41) is 3.52. The molecule has 160 valence electrons. The molecule has 0 saturated carbocycles. The number of rotatable bonds is 19. The lowest BCUT2D eigenvalue weighted by Gasteiger charge is -2.36. The summed E-state index contributed by atoms with van der Waals surface area (Å²) in [7, 11) is 2.05. The van der Waals surface area contributed by atoms with Gasteiger partial charge in [0.25, 0.3) is 0 Å². The Morgan fingerprint density at radius 2 is 1.63 bits per heavy atom. The average Bonchev–Trinajstić information content (AvgIpc) is 2.66. The molecule has 0 amide bonds. The van der Waals surface area contributed by atoms with E-state index in [1.165, 1.54) is 32.1 Å². The van der Waals surface area contributed by atoms with Crippen molar-refractivity contribution in [3.8, 4) is 0 Å². The Balaban J connectivity index is 4.51. The van der Waals surface area contributed by atoms with Crippen molar-refractivity contribution in [3.05, 3.63) is 0 Å². The Labute approximate surface area is 172 Å². The molecule has 27 heavy (non-hydrogen) atoms. The molecule has 0 saturated heterocycles. The van der Waals surface area contributed by atoms with Gasteiger partial charge in [-0.2, -0.15) is 11.8 Å². The molecule has 0 aromatic rings. The number of thioether (sulfide) groups is 1. The largest absolute Gasteiger partial charge is 0.315 e. The maximum atomic E-state index is 12.0. The highest BCUT2D eigenvalue weighted by molar-refractivity contribution is 7.99. The van der Waals surface area contributed by atoms with Crippen molar-refractivity contribution >= 4 is 23.3 Å². The highest BCUT2D eigenvalue weighted by Gasteiger charge is 2.26. The summed E-state index contributed by atoms with van der Waals surface area (Å²) in [6, 6.07) is 0.849. The topological polar surface area (TPSA) is 49.4 Å². The highest BCUT2D eigenvalue weighted by Crippen LogP contribution is 2.18. The summed E-state index contributed by atoms with van der Waals surface area (Å²) in [6.07, 6.45) is 9.64. The second-order valence-corrected chi connectivity index (χ2v) is 8.76. The lowest BCUT2D eigenvalue weighted by molar-refractivity contribution is -0.120. The quantitative estimate of drug-likeness (QED) is 0.318. The van der Waals surface area contributed by atoms with Crippen LogP contribution in [0.25, 0.3) is 0 Å². The van der Waals surface area contributed by atoms with Crippen LogP contribution in [-0.4, -0.2) is 60.2 Å². The van der Waals surface area contributed by atoms with Gasteiger partial charge in [0.1, 0.15) is 11.6 Å². The molecule has 0 aromatic carbocycles. The van der Waals surface area contributed by atoms with E-state index in [4.69, 9.17) is 0 Å². The molecule has 0 aliphatic heterocycles. The molecule has 0 unspecified atom stereocenters. The number of carbonyl (C=O) groups is 2. The number of carbonyl (C=O) groups excluding carboxylic acids is 2. The Morgan fingerprint density at radius 3 is 2.15 bits per heavy atom. The summed E-state index contributed by atoms with van der Waals surface area (Å²) in [5.74, 6) is 2.87. The maximum absolute atomic E-state index is 12.0. The molecule has 0 radical (unpaired) electrons. The van der Waals surface area contributed by atoms with Crippen LogP contribution in [0.15, 0.2) is 0 Å². The number of hydrogen-bond donors (Lipinski definition) is 1. The third kappa shape index (κ3) is 13.4. The van der Waals surface area contributed by atoms with Crippen LogP contribution in [-0.2, 0) is 9.59 Å². The monoisotopic (exact) mass is 400 g/mol. The lowest BCUT2D eigenvalue weighted by Crippen LogP contribution is -2.51. The van der Waals surface area contributed by atoms with Gasteiger partial charge < -0.3 is 10.1 Å². The first kappa shape index (κ1) is 26.6. The van der Waals surface area contributed by atoms with Gasteiger partial charge in [0, 0.05) is 30.7 Å². The number of unbranched alkanes of at least 4 members (excludes halogenated alkanes) is 5. The standard InChI is InChI=1S/C22H44N2O2S/c1-6-20(26)17-24(7-2)22(21(23-5)18-27-8-3)16-14-12-10-9-11-13-15-19(4)25/h21-23H,6-18H2,1-5H3/t21-,22+/m0/s1. The van der Waals surface area contributed by atoms with E-state index in [1.54, 1.807) is 6.92 Å². The molecule has 1 N–H and O–H groups in total. The van der Waals surface area contributed by atoms with E-state index in [0.29, 0.717) is 36.6 Å². The van der Waals surface area contributed by atoms with Gasteiger partial charge >= 0.3 is 0 Å². The van der Waals surface area contributed by atoms with E-state index in [2.05, 4.69) is 31.1 Å². The SMILES string of the molecule is CCSC[C@H](NC)[C@@H](CCCCCCCCC(C)=O)N(CC)CC(=O)CC. The van der Waals surface area contributed by atoms with Gasteiger partial charge in [-0.25, -0.2) is 0 Å². The fourth-order valence-electron chi connectivity index (χ4n) is 3.51. The molecule has 4 nitrogen and oxygen atoms in total. The van der Waals surface area contributed by atoms with Crippen LogP contribution in [0.1, 0.15) is 85.5 Å². The molecule has 5 heteroatoms. The maximum Gasteiger partial charge on any atom is 0.146 e. The Morgan fingerprint density at radius 1 is 1.00 bits per heavy atom. The number of likely N-dealkylation sites (N-methyl/N-ethyl adjacent to an activating group) is 2. The summed E-state index contributed by atoms with van der Waals surface area (Å²) < 4.78 is 0. The zero-order chi connectivity index (χ0) is 20.5. The highest BCUT2D eigenvalue weighted by atomic mass is 32.2. The van der Waals surface area contributed by atoms with Gasteiger partial charge in [-0.3, -0.25) is 9.69 Å². The minimum Gasteiger partial charge on any atom is -0.315 e. The Bertz CT molecular complexity index is 391. The third-order valence-electron chi connectivity index (χ3n) is 5.26. The second-order valence-electron chi connectivity index (χ2n) is 7.44. The fourth-order valence-corrected chi connectivity index (χ4v) is 4.38. The van der Waals surface area contributed by atoms with Crippen molar-refractivity contribution in [1.29, 1.82) is 0 Å². The van der Waals surface area contributed by atoms with E-state index in [0.717, 1.165) is 37.3 Å². The summed E-state index contributed by atoms with van der Waals surface area (Å²) >= 11 is 1.98. The van der Waals surface area contributed by atoms with E-state index in [-0.39, 0.29) is 0 Å². The second kappa shape index (κ2) is 17.7. The fraction of sp³-hybridized carbons (Fsp3) is 0.909. The van der Waals surface area contributed by atoms with Crippen LogP contribution in [0.5, 0.6) is 0 Å². The number of nitrogens with one attached hydrogen (secondary N) is 1. The molecule has 2 atom stereocenters. The van der Waals surface area contributed by atoms with Crippen LogP contribution < -0.4 is 5.32 Å². The van der Waals surface area contributed by atoms with E-state index in [9.17, 15) is 9.59 Å². The lowest BCUT2D eigenvalue weighted by atomic mass is 9.98. The van der Waals surface area contributed by atoms with Crippen molar-refractivity contribution in [3.63, 3.8) is 0 Å². The van der Waals surface area contributed by atoms with Gasteiger partial charge in [0.05, 0.1) is 6.54 Å². The van der Waals surface area contributed by atoms with Gasteiger partial charge in [0.2, 0.25) is 0 Å². The molecule has 0 bridgehead atoms. The normalized spacial score (nSPS) is 13.7. The zero-order valence-corrected chi connectivity index (χ0v) is 19.3. The molecular weight excluding hydrogens is 356 g/mol. The van der Waals surface area contributed by atoms with Gasteiger partial charge in [-0.1, -0.05) is 52.9 Å². The van der Waals surface area contributed by atoms with Crippen molar-refractivity contribution in [2.45, 2.75) is 97.6 Å². The predicted molar refractivity (Wildman–Crippen MR) is 120 cm³/mol. The minimum atomic E-state index is 0.308. The molecular formula is C22H44N2O2S. The minimum absolute atomic E-state index is 0.308. The van der Waals surface area contributed by atoms with Crippen molar-refractivity contribution in [2.24, 2.45) is 0 Å². The number of Topliss-reactive ketones (excluding diaryl/α,β-unsaturated/α-hetero) is 2. The Hall–Kier alpha value is -0.390. The molecule has 0 spiro atoms.